The Morgan fingerprint density at radius 2 is 2.17 bits per heavy atom. The van der Waals surface area contributed by atoms with Crippen molar-refractivity contribution in [3.05, 3.63) is 24.3 Å². The molecule has 0 aromatic heterocycles. The maximum Gasteiger partial charge on any atom is 0.244 e. The zero-order chi connectivity index (χ0) is 13.0. The first kappa shape index (κ1) is 12.9. The van der Waals surface area contributed by atoms with Gasteiger partial charge in [-0.1, -0.05) is 12.1 Å². The lowest BCUT2D eigenvalue weighted by molar-refractivity contribution is -0.121. The Bertz CT molecular complexity index is 464. The highest BCUT2D eigenvalue weighted by atomic mass is 32.2. The monoisotopic (exact) mass is 267 g/mol. The second-order valence-corrected chi connectivity index (χ2v) is 5.75. The van der Waals surface area contributed by atoms with Gasteiger partial charge < -0.3 is 16.0 Å². The van der Waals surface area contributed by atoms with Crippen LogP contribution in [0.3, 0.4) is 0 Å². The summed E-state index contributed by atoms with van der Waals surface area (Å²) < 4.78 is 10.9. The van der Waals surface area contributed by atoms with E-state index in [9.17, 15) is 9.00 Å². The van der Waals surface area contributed by atoms with Gasteiger partial charge in [0.1, 0.15) is 6.04 Å². The summed E-state index contributed by atoms with van der Waals surface area (Å²) in [6.07, 6.45) is 1.63. The quantitative estimate of drug-likeness (QED) is 0.738. The predicted octanol–water partition coefficient (Wildman–Crippen LogP) is 0.387. The van der Waals surface area contributed by atoms with Crippen molar-refractivity contribution in [1.82, 2.24) is 5.32 Å². The number of benzene rings is 1. The van der Waals surface area contributed by atoms with Crippen molar-refractivity contribution in [2.45, 2.75) is 6.04 Å². The Kier molecular flexibility index (Phi) is 4.19. The predicted molar refractivity (Wildman–Crippen MR) is 74.3 cm³/mol. The summed E-state index contributed by atoms with van der Waals surface area (Å²) in [5.41, 5.74) is 1.94. The highest BCUT2D eigenvalue weighted by Gasteiger charge is 2.22. The minimum absolute atomic E-state index is 0.0672. The Labute approximate surface area is 109 Å². The van der Waals surface area contributed by atoms with Gasteiger partial charge in [-0.05, 0) is 12.1 Å². The molecule has 2 unspecified atom stereocenters. The fraction of sp³-hybridized carbons (Fsp3) is 0.417. The molecule has 18 heavy (non-hydrogen) atoms. The van der Waals surface area contributed by atoms with Crippen LogP contribution in [-0.2, 0) is 15.6 Å². The number of nitrogens with one attached hydrogen (secondary N) is 3. The van der Waals surface area contributed by atoms with Crippen molar-refractivity contribution in [3.8, 4) is 0 Å². The highest BCUT2D eigenvalue weighted by Crippen LogP contribution is 2.24. The zero-order valence-electron chi connectivity index (χ0n) is 10.2. The number of para-hydroxylation sites is 2. The molecule has 2 rings (SSSR count). The van der Waals surface area contributed by atoms with Gasteiger partial charge in [-0.2, -0.15) is 0 Å². The van der Waals surface area contributed by atoms with Crippen molar-refractivity contribution in [2.75, 3.05) is 35.7 Å². The number of carbonyl (C=O) groups excluding carboxylic acids is 1. The van der Waals surface area contributed by atoms with Gasteiger partial charge in [0.25, 0.3) is 0 Å². The topological polar surface area (TPSA) is 70.2 Å². The van der Waals surface area contributed by atoms with E-state index in [1.165, 1.54) is 0 Å². The van der Waals surface area contributed by atoms with Crippen LogP contribution < -0.4 is 16.0 Å². The molecule has 2 atom stereocenters. The smallest absolute Gasteiger partial charge is 0.244 e. The number of rotatable bonds is 4. The largest absolute Gasteiger partial charge is 0.381 e. The van der Waals surface area contributed by atoms with Crippen LogP contribution in [0.4, 0.5) is 11.4 Å². The van der Waals surface area contributed by atoms with Crippen LogP contribution in [0.25, 0.3) is 0 Å². The van der Waals surface area contributed by atoms with Gasteiger partial charge in [0.05, 0.1) is 11.4 Å². The molecule has 0 saturated heterocycles. The number of fused-ring (bicyclic) bond motifs is 1. The van der Waals surface area contributed by atoms with E-state index in [1.807, 2.05) is 24.3 Å². The summed E-state index contributed by atoms with van der Waals surface area (Å²) in [5.74, 6) is 0.421. The Hall–Kier alpha value is -1.56. The van der Waals surface area contributed by atoms with Crippen LogP contribution in [0.2, 0.25) is 0 Å². The molecule has 5 nitrogen and oxygen atoms in total. The number of anilines is 2. The maximum atomic E-state index is 11.9. The van der Waals surface area contributed by atoms with Crippen molar-refractivity contribution >= 4 is 28.1 Å². The minimum Gasteiger partial charge on any atom is -0.381 e. The molecular formula is C12H17N3O2S. The van der Waals surface area contributed by atoms with Crippen LogP contribution in [0.15, 0.2) is 24.3 Å². The molecule has 0 saturated carbocycles. The summed E-state index contributed by atoms with van der Waals surface area (Å²) in [6.45, 7) is 1.000. The normalized spacial score (nSPS) is 19.1. The highest BCUT2D eigenvalue weighted by molar-refractivity contribution is 7.84. The van der Waals surface area contributed by atoms with E-state index in [0.717, 1.165) is 11.4 Å². The van der Waals surface area contributed by atoms with E-state index in [-0.39, 0.29) is 11.9 Å². The summed E-state index contributed by atoms with van der Waals surface area (Å²) >= 11 is 0. The summed E-state index contributed by atoms with van der Waals surface area (Å²) in [7, 11) is -0.874. The molecule has 6 heteroatoms. The SMILES string of the molecule is CS(=O)CCNC(=O)C1CNc2ccccc2N1. The minimum atomic E-state index is -0.874. The third-order valence-corrected chi connectivity index (χ3v) is 3.54. The maximum absolute atomic E-state index is 11.9. The van der Waals surface area contributed by atoms with Crippen molar-refractivity contribution < 1.29 is 9.00 Å². The first-order chi connectivity index (χ1) is 8.66. The van der Waals surface area contributed by atoms with Crippen molar-refractivity contribution in [3.63, 3.8) is 0 Å². The van der Waals surface area contributed by atoms with Crippen molar-refractivity contribution in [2.24, 2.45) is 0 Å². The van der Waals surface area contributed by atoms with Gasteiger partial charge >= 0.3 is 0 Å². The number of amides is 1. The van der Waals surface area contributed by atoms with E-state index in [4.69, 9.17) is 0 Å². The number of hydrogen-bond donors (Lipinski definition) is 3. The first-order valence-corrected chi connectivity index (χ1v) is 7.56. The van der Waals surface area contributed by atoms with Gasteiger partial charge in [0.2, 0.25) is 5.91 Å². The Balaban J connectivity index is 1.88. The number of hydrogen-bond acceptors (Lipinski definition) is 4. The second-order valence-electron chi connectivity index (χ2n) is 4.19. The molecule has 1 aromatic carbocycles. The van der Waals surface area contributed by atoms with E-state index in [1.54, 1.807) is 6.26 Å². The fourth-order valence-electron chi connectivity index (χ4n) is 1.81. The molecule has 0 aliphatic carbocycles. The lowest BCUT2D eigenvalue weighted by Gasteiger charge is -2.27. The Morgan fingerprint density at radius 3 is 2.89 bits per heavy atom. The average molecular weight is 267 g/mol. The number of carbonyl (C=O) groups is 1. The third kappa shape index (κ3) is 3.22. The van der Waals surface area contributed by atoms with Crippen LogP contribution >= 0.6 is 0 Å². The van der Waals surface area contributed by atoms with Crippen molar-refractivity contribution in [1.29, 1.82) is 0 Å². The molecule has 98 valence electrons. The molecule has 1 heterocycles. The lowest BCUT2D eigenvalue weighted by Crippen LogP contribution is -2.46. The van der Waals surface area contributed by atoms with Gasteiger partial charge in [-0.25, -0.2) is 0 Å². The van der Waals surface area contributed by atoms with Crippen LogP contribution in [0.1, 0.15) is 0 Å². The molecule has 0 fully saturated rings. The van der Waals surface area contributed by atoms with Crippen LogP contribution in [0.5, 0.6) is 0 Å². The summed E-state index contributed by atoms with van der Waals surface area (Å²) in [6, 6.07) is 7.49. The Morgan fingerprint density at radius 1 is 1.44 bits per heavy atom. The van der Waals surface area contributed by atoms with E-state index >= 15 is 0 Å². The van der Waals surface area contributed by atoms with E-state index in [2.05, 4.69) is 16.0 Å². The van der Waals surface area contributed by atoms with Gasteiger partial charge in [0, 0.05) is 35.9 Å². The molecule has 1 amide bonds. The van der Waals surface area contributed by atoms with Gasteiger partial charge in [-0.3, -0.25) is 9.00 Å². The fourth-order valence-corrected chi connectivity index (χ4v) is 2.20. The summed E-state index contributed by atoms with van der Waals surface area (Å²) in [5, 5.41) is 9.17. The molecular weight excluding hydrogens is 250 g/mol. The van der Waals surface area contributed by atoms with Gasteiger partial charge in [-0.15, -0.1) is 0 Å². The lowest BCUT2D eigenvalue weighted by atomic mass is 10.1. The van der Waals surface area contributed by atoms with E-state index < -0.39 is 10.8 Å². The standard InChI is InChI=1S/C12H17N3O2S/c1-18(17)7-6-13-12(16)11-8-14-9-4-2-3-5-10(9)15-11/h2-5,11,14-15H,6-8H2,1H3,(H,13,16). The molecule has 1 aliphatic heterocycles. The van der Waals surface area contributed by atoms with Crippen LogP contribution in [-0.4, -0.2) is 41.3 Å². The first-order valence-electron chi connectivity index (χ1n) is 5.84. The van der Waals surface area contributed by atoms with E-state index in [0.29, 0.717) is 18.8 Å². The van der Waals surface area contributed by atoms with Crippen LogP contribution in [0, 0.1) is 0 Å². The average Bonchev–Trinajstić information content (AvgIpc) is 2.37. The molecule has 1 aliphatic rings. The second kappa shape index (κ2) is 5.86. The molecule has 3 N–H and O–H groups in total. The molecule has 1 aromatic rings. The summed E-state index contributed by atoms with van der Waals surface area (Å²) in [4.78, 5) is 11.9. The zero-order valence-corrected chi connectivity index (χ0v) is 11.0. The third-order valence-electron chi connectivity index (χ3n) is 2.76. The van der Waals surface area contributed by atoms with Gasteiger partial charge in [0.15, 0.2) is 0 Å². The molecule has 0 radical (unpaired) electrons. The molecule has 0 spiro atoms. The molecule has 0 bridgehead atoms.